The molecule has 5 aromatic rings. The largest absolute Gasteiger partial charge is 0.448 e. The molecule has 2 aromatic carbocycles. The number of hydrogen-bond donors (Lipinski definition) is 1. The lowest BCUT2D eigenvalue weighted by Gasteiger charge is -2.18. The van der Waals surface area contributed by atoms with Crippen LogP contribution in [0.5, 0.6) is 0 Å². The van der Waals surface area contributed by atoms with Crippen LogP contribution in [0.2, 0.25) is 0 Å². The van der Waals surface area contributed by atoms with E-state index in [1.165, 1.54) is 11.3 Å². The van der Waals surface area contributed by atoms with E-state index in [0.717, 1.165) is 26.5 Å². The number of para-hydroxylation sites is 1. The minimum absolute atomic E-state index is 0.237. The first-order valence-electron chi connectivity index (χ1n) is 9.50. The molecule has 0 aliphatic heterocycles. The second-order valence-electron chi connectivity index (χ2n) is 6.72. The molecular weight excluding hydrogens is 394 g/mol. The number of furan rings is 1. The number of nitrogens with one attached hydrogen (secondary N) is 1. The highest BCUT2D eigenvalue weighted by molar-refractivity contribution is 7.21. The topological polar surface area (TPSA) is 68.0 Å². The summed E-state index contributed by atoms with van der Waals surface area (Å²) in [5, 5.41) is 3.79. The van der Waals surface area contributed by atoms with Crippen LogP contribution in [0.4, 0.5) is 0 Å². The lowest BCUT2D eigenvalue weighted by molar-refractivity contribution is 0.0915. The molecular formula is C24H17N3O2S. The van der Waals surface area contributed by atoms with Crippen molar-refractivity contribution in [1.82, 2.24) is 15.3 Å². The molecule has 1 atom stereocenters. The maximum atomic E-state index is 13.0. The van der Waals surface area contributed by atoms with E-state index in [9.17, 15) is 4.79 Å². The Morgan fingerprint density at radius 2 is 1.70 bits per heavy atom. The van der Waals surface area contributed by atoms with Crippen LogP contribution in [0, 0.1) is 0 Å². The summed E-state index contributed by atoms with van der Waals surface area (Å²) < 4.78 is 6.93. The average Bonchev–Trinajstić information content (AvgIpc) is 3.46. The Balaban J connectivity index is 1.42. The highest BCUT2D eigenvalue weighted by Gasteiger charge is 2.21. The fourth-order valence-corrected chi connectivity index (χ4v) is 4.20. The van der Waals surface area contributed by atoms with E-state index in [1.807, 2.05) is 72.8 Å². The summed E-state index contributed by atoms with van der Waals surface area (Å²) in [4.78, 5) is 22.0. The number of fused-ring (bicyclic) bond motifs is 1. The van der Waals surface area contributed by atoms with Gasteiger partial charge in [0.05, 0.1) is 22.0 Å². The van der Waals surface area contributed by atoms with E-state index in [1.54, 1.807) is 18.3 Å². The molecule has 30 heavy (non-hydrogen) atoms. The summed E-state index contributed by atoms with van der Waals surface area (Å²) in [6.45, 7) is 0. The minimum atomic E-state index is -0.379. The first-order valence-corrected chi connectivity index (χ1v) is 10.3. The number of amides is 1. The third kappa shape index (κ3) is 3.60. The molecule has 0 fully saturated rings. The second-order valence-corrected chi connectivity index (χ2v) is 7.75. The Morgan fingerprint density at radius 1 is 0.900 bits per heavy atom. The number of pyridine rings is 1. The molecule has 1 unspecified atom stereocenters. The number of nitrogens with zero attached hydrogens (tertiary/aromatic N) is 2. The molecule has 0 aliphatic carbocycles. The molecule has 3 aromatic heterocycles. The van der Waals surface area contributed by atoms with Crippen molar-refractivity contribution >= 4 is 27.5 Å². The summed E-state index contributed by atoms with van der Waals surface area (Å²) in [7, 11) is 0. The summed E-state index contributed by atoms with van der Waals surface area (Å²) in [6.07, 6.45) is 1.72. The normalized spacial score (nSPS) is 12.0. The van der Waals surface area contributed by atoms with Crippen LogP contribution in [0.3, 0.4) is 0 Å². The fourth-order valence-electron chi connectivity index (χ4n) is 3.27. The average molecular weight is 411 g/mol. The van der Waals surface area contributed by atoms with Crippen molar-refractivity contribution in [3.8, 4) is 10.8 Å². The molecule has 1 N–H and O–H groups in total. The van der Waals surface area contributed by atoms with Crippen molar-refractivity contribution in [2.24, 2.45) is 0 Å². The molecule has 146 valence electrons. The van der Waals surface area contributed by atoms with Gasteiger partial charge in [0.2, 0.25) is 0 Å². The van der Waals surface area contributed by atoms with Gasteiger partial charge >= 0.3 is 0 Å². The highest BCUT2D eigenvalue weighted by Crippen LogP contribution is 2.31. The number of benzene rings is 2. The van der Waals surface area contributed by atoms with E-state index in [0.29, 0.717) is 5.76 Å². The lowest BCUT2D eigenvalue weighted by atomic mass is 10.0. The zero-order valence-corrected chi connectivity index (χ0v) is 16.7. The van der Waals surface area contributed by atoms with E-state index in [2.05, 4.69) is 15.3 Å². The van der Waals surface area contributed by atoms with Gasteiger partial charge in [-0.15, -0.1) is 11.3 Å². The smallest absolute Gasteiger partial charge is 0.287 e. The maximum Gasteiger partial charge on any atom is 0.287 e. The van der Waals surface area contributed by atoms with Crippen LogP contribution in [-0.4, -0.2) is 15.9 Å². The Hall–Kier alpha value is -3.77. The van der Waals surface area contributed by atoms with Crippen LogP contribution >= 0.6 is 11.3 Å². The van der Waals surface area contributed by atoms with Gasteiger partial charge in [0.1, 0.15) is 0 Å². The van der Waals surface area contributed by atoms with Crippen molar-refractivity contribution in [2.45, 2.75) is 6.04 Å². The molecule has 0 saturated carbocycles. The lowest BCUT2D eigenvalue weighted by Crippen LogP contribution is -2.29. The van der Waals surface area contributed by atoms with Crippen molar-refractivity contribution in [3.05, 3.63) is 108 Å². The number of aromatic nitrogens is 2. The molecule has 0 radical (unpaired) electrons. The number of rotatable bonds is 5. The predicted molar refractivity (Wildman–Crippen MR) is 117 cm³/mol. The van der Waals surface area contributed by atoms with Crippen LogP contribution < -0.4 is 5.32 Å². The van der Waals surface area contributed by atoms with Gasteiger partial charge in [0, 0.05) is 6.20 Å². The molecule has 1 amide bonds. The van der Waals surface area contributed by atoms with Gasteiger partial charge in [0.15, 0.2) is 16.5 Å². The fraction of sp³-hybridized carbons (Fsp3) is 0.0417. The molecule has 0 spiro atoms. The summed E-state index contributed by atoms with van der Waals surface area (Å²) in [5.41, 5.74) is 2.62. The standard InChI is InChI=1S/C24H17N3O2S/c28-23(27-22(16-8-2-1-3-9-16)18-11-6-7-15-25-18)19-13-14-20(29-19)24-26-17-10-4-5-12-21(17)30-24/h1-15,22H,(H,27,28). The first kappa shape index (κ1) is 18.3. The SMILES string of the molecule is O=C(NC(c1ccccc1)c1ccccn1)c1ccc(-c2nc3ccccc3s2)o1. The van der Waals surface area contributed by atoms with Gasteiger partial charge < -0.3 is 9.73 Å². The van der Waals surface area contributed by atoms with Gasteiger partial charge in [-0.1, -0.05) is 48.5 Å². The van der Waals surface area contributed by atoms with Gasteiger partial charge in [0.25, 0.3) is 5.91 Å². The number of carbonyl (C=O) groups excluding carboxylic acids is 1. The van der Waals surface area contributed by atoms with E-state index in [4.69, 9.17) is 4.42 Å². The van der Waals surface area contributed by atoms with Gasteiger partial charge in [-0.05, 0) is 42.0 Å². The Morgan fingerprint density at radius 3 is 2.50 bits per heavy atom. The summed E-state index contributed by atoms with van der Waals surface area (Å²) >= 11 is 1.54. The molecule has 0 saturated heterocycles. The molecule has 0 bridgehead atoms. The van der Waals surface area contributed by atoms with Crippen molar-refractivity contribution in [3.63, 3.8) is 0 Å². The number of thiazole rings is 1. The van der Waals surface area contributed by atoms with Crippen LogP contribution in [0.1, 0.15) is 27.9 Å². The van der Waals surface area contributed by atoms with Gasteiger partial charge in [-0.2, -0.15) is 0 Å². The zero-order valence-electron chi connectivity index (χ0n) is 15.9. The van der Waals surface area contributed by atoms with Gasteiger partial charge in [-0.3, -0.25) is 9.78 Å². The van der Waals surface area contributed by atoms with Crippen molar-refractivity contribution in [1.29, 1.82) is 0 Å². The third-order valence-corrected chi connectivity index (χ3v) is 5.78. The Labute approximate surface area is 177 Å². The summed E-state index contributed by atoms with van der Waals surface area (Å²) in [5.74, 6) is 0.512. The quantitative estimate of drug-likeness (QED) is 0.416. The molecule has 0 aliphatic rings. The third-order valence-electron chi connectivity index (χ3n) is 4.73. The van der Waals surface area contributed by atoms with Crippen LogP contribution in [0.15, 0.2) is 95.5 Å². The molecule has 5 nitrogen and oxygen atoms in total. The van der Waals surface area contributed by atoms with Crippen LogP contribution in [0.25, 0.3) is 21.0 Å². The first-order chi connectivity index (χ1) is 14.8. The van der Waals surface area contributed by atoms with Crippen molar-refractivity contribution in [2.75, 3.05) is 0 Å². The van der Waals surface area contributed by atoms with E-state index in [-0.39, 0.29) is 17.7 Å². The predicted octanol–water partition coefficient (Wildman–Crippen LogP) is 5.47. The maximum absolute atomic E-state index is 13.0. The highest BCUT2D eigenvalue weighted by atomic mass is 32.1. The minimum Gasteiger partial charge on any atom is -0.448 e. The zero-order chi connectivity index (χ0) is 20.3. The van der Waals surface area contributed by atoms with Gasteiger partial charge in [-0.25, -0.2) is 4.98 Å². The Bertz CT molecular complexity index is 1220. The Kier molecular flexibility index (Phi) is 4.83. The van der Waals surface area contributed by atoms with Crippen LogP contribution in [-0.2, 0) is 0 Å². The molecule has 6 heteroatoms. The number of hydrogen-bond acceptors (Lipinski definition) is 5. The second kappa shape index (κ2) is 7.93. The monoisotopic (exact) mass is 411 g/mol. The molecule has 5 rings (SSSR count). The number of carbonyl (C=O) groups is 1. The molecule has 3 heterocycles. The van der Waals surface area contributed by atoms with E-state index < -0.39 is 0 Å². The van der Waals surface area contributed by atoms with Crippen molar-refractivity contribution < 1.29 is 9.21 Å². The van der Waals surface area contributed by atoms with E-state index >= 15 is 0 Å². The summed E-state index contributed by atoms with van der Waals surface area (Å²) in [6, 6.07) is 26.4.